The van der Waals surface area contributed by atoms with Crippen LogP contribution in [0, 0.1) is 5.92 Å². The number of amides is 1. The van der Waals surface area contributed by atoms with Crippen molar-refractivity contribution >= 4 is 17.5 Å². The van der Waals surface area contributed by atoms with Gasteiger partial charge in [0.1, 0.15) is 0 Å². The number of alkyl halides is 4. The summed E-state index contributed by atoms with van der Waals surface area (Å²) in [6.45, 7) is 0. The predicted molar refractivity (Wildman–Crippen MR) is 75.4 cm³/mol. The van der Waals surface area contributed by atoms with E-state index in [9.17, 15) is 18.0 Å². The third-order valence-electron chi connectivity index (χ3n) is 3.88. The molecular weight excluding hydrogens is 303 g/mol. The average molecular weight is 320 g/mol. The number of carbonyl (C=O) groups is 1. The zero-order chi connectivity index (χ0) is 15.5. The minimum atomic E-state index is -4.44. The van der Waals surface area contributed by atoms with E-state index in [-0.39, 0.29) is 17.5 Å². The van der Waals surface area contributed by atoms with Crippen LogP contribution in [0.5, 0.6) is 0 Å². The van der Waals surface area contributed by atoms with Crippen molar-refractivity contribution in [2.24, 2.45) is 5.92 Å². The molecule has 0 spiro atoms. The molecule has 0 aromatic heterocycles. The lowest BCUT2D eigenvalue weighted by molar-refractivity contribution is -0.137. The second-order valence-electron chi connectivity index (χ2n) is 5.36. The van der Waals surface area contributed by atoms with Gasteiger partial charge in [-0.1, -0.05) is 18.9 Å². The van der Waals surface area contributed by atoms with Crippen LogP contribution in [-0.2, 0) is 6.18 Å². The molecule has 2 atom stereocenters. The molecule has 1 aliphatic carbocycles. The molecule has 21 heavy (non-hydrogen) atoms. The smallest absolute Gasteiger partial charge is 0.349 e. The highest BCUT2D eigenvalue weighted by Gasteiger charge is 2.31. The summed E-state index contributed by atoms with van der Waals surface area (Å²) in [6, 6.07) is 4.42. The van der Waals surface area contributed by atoms with Crippen molar-refractivity contribution in [3.63, 3.8) is 0 Å². The first kappa shape index (κ1) is 16.1. The molecule has 1 saturated carbocycles. The molecule has 0 bridgehead atoms. The Labute approximate surface area is 126 Å². The summed E-state index contributed by atoms with van der Waals surface area (Å²) < 4.78 is 38.0. The van der Waals surface area contributed by atoms with Gasteiger partial charge in [-0.05, 0) is 37.0 Å². The number of hydrogen-bond acceptors (Lipinski definition) is 1. The SMILES string of the molecule is O=C(NC1CCCCC1CCl)c1cccc(C(F)(F)F)c1. The van der Waals surface area contributed by atoms with Crippen LogP contribution in [0.15, 0.2) is 24.3 Å². The Morgan fingerprint density at radius 3 is 2.67 bits per heavy atom. The highest BCUT2D eigenvalue weighted by atomic mass is 35.5. The highest BCUT2D eigenvalue weighted by molar-refractivity contribution is 6.18. The number of benzene rings is 1. The van der Waals surface area contributed by atoms with Crippen molar-refractivity contribution in [3.05, 3.63) is 35.4 Å². The molecule has 1 aliphatic rings. The summed E-state index contributed by atoms with van der Waals surface area (Å²) in [5, 5.41) is 2.82. The number of carbonyl (C=O) groups excluding carboxylic acids is 1. The Kier molecular flexibility index (Phi) is 5.14. The second kappa shape index (κ2) is 6.69. The number of hydrogen-bond donors (Lipinski definition) is 1. The maximum Gasteiger partial charge on any atom is 0.416 e. The molecule has 1 N–H and O–H groups in total. The summed E-state index contributed by atoms with van der Waals surface area (Å²) in [7, 11) is 0. The van der Waals surface area contributed by atoms with Gasteiger partial charge in [0.2, 0.25) is 0 Å². The fourth-order valence-corrected chi connectivity index (χ4v) is 3.04. The number of rotatable bonds is 3. The largest absolute Gasteiger partial charge is 0.416 e. The van der Waals surface area contributed by atoms with E-state index in [0.717, 1.165) is 37.8 Å². The fourth-order valence-electron chi connectivity index (χ4n) is 2.67. The zero-order valence-electron chi connectivity index (χ0n) is 11.4. The average Bonchev–Trinajstić information content (AvgIpc) is 2.47. The van der Waals surface area contributed by atoms with Crippen molar-refractivity contribution in [1.29, 1.82) is 0 Å². The Morgan fingerprint density at radius 2 is 2.00 bits per heavy atom. The van der Waals surface area contributed by atoms with Crippen LogP contribution in [0.1, 0.15) is 41.6 Å². The zero-order valence-corrected chi connectivity index (χ0v) is 12.2. The number of halogens is 4. The first-order valence-corrected chi connectivity index (χ1v) is 7.49. The van der Waals surface area contributed by atoms with Gasteiger partial charge in [-0.25, -0.2) is 0 Å². The van der Waals surface area contributed by atoms with Gasteiger partial charge in [-0.3, -0.25) is 4.79 Å². The van der Waals surface area contributed by atoms with E-state index < -0.39 is 17.6 Å². The van der Waals surface area contributed by atoms with Crippen LogP contribution in [0.4, 0.5) is 13.2 Å². The molecule has 2 nitrogen and oxygen atoms in total. The molecule has 0 radical (unpaired) electrons. The monoisotopic (exact) mass is 319 g/mol. The Hall–Kier alpha value is -1.23. The van der Waals surface area contributed by atoms with Gasteiger partial charge in [-0.15, -0.1) is 11.6 Å². The summed E-state index contributed by atoms with van der Waals surface area (Å²) in [4.78, 5) is 12.1. The van der Waals surface area contributed by atoms with Crippen LogP contribution in [-0.4, -0.2) is 17.8 Å². The minimum Gasteiger partial charge on any atom is -0.349 e. The van der Waals surface area contributed by atoms with Crippen LogP contribution >= 0.6 is 11.6 Å². The molecule has 1 fully saturated rings. The third-order valence-corrected chi connectivity index (χ3v) is 4.27. The summed E-state index contributed by atoms with van der Waals surface area (Å²) in [5.74, 6) is 0.173. The summed E-state index contributed by atoms with van der Waals surface area (Å²) in [5.41, 5.74) is -0.781. The molecule has 1 amide bonds. The standard InChI is InChI=1S/C15H17ClF3NO/c16-9-11-4-1-2-7-13(11)20-14(21)10-5-3-6-12(8-10)15(17,18)19/h3,5-6,8,11,13H,1-2,4,7,9H2,(H,20,21). The molecule has 116 valence electrons. The van der Waals surface area contributed by atoms with Crippen molar-refractivity contribution in [2.45, 2.75) is 37.9 Å². The van der Waals surface area contributed by atoms with E-state index in [1.807, 2.05) is 0 Å². The lowest BCUT2D eigenvalue weighted by Gasteiger charge is -2.30. The fraction of sp³-hybridized carbons (Fsp3) is 0.533. The summed E-state index contributed by atoms with van der Waals surface area (Å²) >= 11 is 5.89. The Morgan fingerprint density at radius 1 is 1.29 bits per heavy atom. The van der Waals surface area contributed by atoms with Gasteiger partial charge < -0.3 is 5.32 Å². The summed E-state index contributed by atoms with van der Waals surface area (Å²) in [6.07, 6.45) is -0.604. The third kappa shape index (κ3) is 4.13. The van der Waals surface area contributed by atoms with Crippen LogP contribution in [0.3, 0.4) is 0 Å². The van der Waals surface area contributed by atoms with E-state index in [2.05, 4.69) is 5.32 Å². The Balaban J connectivity index is 2.09. The van der Waals surface area contributed by atoms with Gasteiger partial charge >= 0.3 is 6.18 Å². The topological polar surface area (TPSA) is 29.1 Å². The molecule has 2 unspecified atom stereocenters. The van der Waals surface area contributed by atoms with E-state index in [4.69, 9.17) is 11.6 Å². The predicted octanol–water partition coefficient (Wildman–Crippen LogP) is 4.23. The van der Waals surface area contributed by atoms with Gasteiger partial charge in [0.25, 0.3) is 5.91 Å². The lowest BCUT2D eigenvalue weighted by Crippen LogP contribution is -2.42. The molecular formula is C15H17ClF3NO. The molecule has 0 aliphatic heterocycles. The molecule has 0 heterocycles. The molecule has 1 aromatic carbocycles. The van der Waals surface area contributed by atoms with E-state index in [1.54, 1.807) is 0 Å². The van der Waals surface area contributed by atoms with E-state index in [1.165, 1.54) is 12.1 Å². The molecule has 2 rings (SSSR count). The lowest BCUT2D eigenvalue weighted by atomic mass is 9.85. The maximum atomic E-state index is 12.7. The molecule has 0 saturated heterocycles. The van der Waals surface area contributed by atoms with Gasteiger partial charge in [0, 0.05) is 17.5 Å². The molecule has 1 aromatic rings. The first-order chi connectivity index (χ1) is 9.91. The normalized spacial score (nSPS) is 22.9. The second-order valence-corrected chi connectivity index (χ2v) is 5.67. The quantitative estimate of drug-likeness (QED) is 0.830. The van der Waals surface area contributed by atoms with Gasteiger partial charge in [0.15, 0.2) is 0 Å². The van der Waals surface area contributed by atoms with Crippen molar-refractivity contribution < 1.29 is 18.0 Å². The van der Waals surface area contributed by atoms with Gasteiger partial charge in [-0.2, -0.15) is 13.2 Å². The first-order valence-electron chi connectivity index (χ1n) is 6.96. The van der Waals surface area contributed by atoms with E-state index >= 15 is 0 Å². The highest BCUT2D eigenvalue weighted by Crippen LogP contribution is 2.30. The van der Waals surface area contributed by atoms with E-state index in [0.29, 0.717) is 5.88 Å². The molecule has 6 heteroatoms. The van der Waals surface area contributed by atoms with Crippen molar-refractivity contribution in [1.82, 2.24) is 5.32 Å². The maximum absolute atomic E-state index is 12.7. The minimum absolute atomic E-state index is 0.0312. The number of nitrogens with one attached hydrogen (secondary N) is 1. The Bertz CT molecular complexity index is 504. The van der Waals surface area contributed by atoms with Crippen LogP contribution < -0.4 is 5.32 Å². The van der Waals surface area contributed by atoms with Crippen molar-refractivity contribution in [2.75, 3.05) is 5.88 Å². The van der Waals surface area contributed by atoms with Crippen LogP contribution in [0.25, 0.3) is 0 Å². The van der Waals surface area contributed by atoms with Crippen molar-refractivity contribution in [3.8, 4) is 0 Å². The van der Waals surface area contributed by atoms with Crippen LogP contribution in [0.2, 0.25) is 0 Å². The van der Waals surface area contributed by atoms with Gasteiger partial charge in [0.05, 0.1) is 5.56 Å².